The molecule has 0 unspecified atom stereocenters. The molecule has 1 aliphatic carbocycles. The zero-order valence-electron chi connectivity index (χ0n) is 15.8. The monoisotopic (exact) mass is 401 g/mol. The van der Waals surface area contributed by atoms with E-state index in [4.69, 9.17) is 21.4 Å². The van der Waals surface area contributed by atoms with Crippen LogP contribution in [0.4, 0.5) is 0 Å². The molecule has 1 amide bonds. The topological polar surface area (TPSA) is 75.6 Å². The first kappa shape index (κ1) is 20.4. The average molecular weight is 402 g/mol. The molecular weight excluding hydrogens is 378 g/mol. The van der Waals surface area contributed by atoms with Crippen molar-refractivity contribution in [3.05, 3.63) is 69.7 Å². The van der Waals surface area contributed by atoms with Crippen LogP contribution in [0.1, 0.15) is 70.5 Å². The van der Waals surface area contributed by atoms with Crippen molar-refractivity contribution in [1.29, 1.82) is 0 Å². The van der Waals surface area contributed by atoms with E-state index in [1.165, 1.54) is 25.0 Å². The van der Waals surface area contributed by atoms with Crippen LogP contribution >= 0.6 is 11.6 Å². The number of nitrogens with one attached hydrogen (secondary N) is 1. The van der Waals surface area contributed by atoms with Crippen LogP contribution in [0.25, 0.3) is 0 Å². The first-order valence-corrected chi connectivity index (χ1v) is 9.86. The van der Waals surface area contributed by atoms with Crippen LogP contribution < -0.4 is 5.32 Å². The lowest BCUT2D eigenvalue weighted by Gasteiger charge is -2.18. The van der Waals surface area contributed by atoms with E-state index in [9.17, 15) is 9.59 Å². The number of hydrogen-bond donors (Lipinski definition) is 2. The molecule has 0 heterocycles. The molecule has 1 atom stereocenters. The number of carbonyl (C=O) groups excluding carboxylic acids is 1. The van der Waals surface area contributed by atoms with E-state index < -0.39 is 5.97 Å². The van der Waals surface area contributed by atoms with Gasteiger partial charge in [-0.25, -0.2) is 4.79 Å². The minimum atomic E-state index is -0.978. The highest BCUT2D eigenvalue weighted by Gasteiger charge is 2.19. The fourth-order valence-electron chi connectivity index (χ4n) is 3.42. The van der Waals surface area contributed by atoms with Crippen LogP contribution in [0.5, 0.6) is 0 Å². The Kier molecular flexibility index (Phi) is 6.70. The van der Waals surface area contributed by atoms with Gasteiger partial charge in [-0.05, 0) is 55.2 Å². The minimum Gasteiger partial charge on any atom is -0.478 e. The Hall–Kier alpha value is -2.37. The molecule has 0 spiro atoms. The molecule has 2 aromatic rings. The normalized spacial score (nSPS) is 15.4. The summed E-state index contributed by atoms with van der Waals surface area (Å²) in [5.41, 5.74) is 2.34. The highest BCUT2D eigenvalue weighted by molar-refractivity contribution is 6.31. The molecule has 1 aliphatic rings. The molecule has 0 radical (unpaired) electrons. The van der Waals surface area contributed by atoms with Gasteiger partial charge >= 0.3 is 5.97 Å². The molecule has 0 saturated heterocycles. The van der Waals surface area contributed by atoms with Gasteiger partial charge in [0.05, 0.1) is 24.3 Å². The number of hydrogen-bond acceptors (Lipinski definition) is 3. The largest absolute Gasteiger partial charge is 0.478 e. The summed E-state index contributed by atoms with van der Waals surface area (Å²) >= 11 is 6.11. The van der Waals surface area contributed by atoms with Crippen molar-refractivity contribution in [3.8, 4) is 0 Å². The summed E-state index contributed by atoms with van der Waals surface area (Å²) in [6.45, 7) is 2.24. The maximum absolute atomic E-state index is 12.9. The highest BCUT2D eigenvalue weighted by atomic mass is 35.5. The molecular formula is C22H24ClNO4. The summed E-state index contributed by atoms with van der Waals surface area (Å²) in [5, 5.41) is 12.4. The molecule has 6 heteroatoms. The summed E-state index contributed by atoms with van der Waals surface area (Å²) < 4.78 is 5.97. The van der Waals surface area contributed by atoms with Crippen molar-refractivity contribution in [2.45, 2.75) is 51.4 Å². The number of carboxylic acid groups (broad SMARTS) is 1. The van der Waals surface area contributed by atoms with Crippen LogP contribution in [0.3, 0.4) is 0 Å². The second kappa shape index (κ2) is 9.22. The fourth-order valence-corrected chi connectivity index (χ4v) is 3.59. The van der Waals surface area contributed by atoms with Crippen LogP contribution in [0, 0.1) is 0 Å². The summed E-state index contributed by atoms with van der Waals surface area (Å²) in [6.07, 6.45) is 4.78. The Labute approximate surface area is 169 Å². The predicted octanol–water partition coefficient (Wildman–Crippen LogP) is 4.99. The SMILES string of the molecule is C[C@H](NC(=O)c1cc(Cl)ccc1COC1CCCC1)c1ccc(C(=O)O)cc1. The Balaban J connectivity index is 1.69. The number of benzene rings is 2. The molecule has 5 nitrogen and oxygen atoms in total. The maximum Gasteiger partial charge on any atom is 0.335 e. The number of halogens is 1. The van der Waals surface area contributed by atoms with E-state index in [0.717, 1.165) is 24.0 Å². The van der Waals surface area contributed by atoms with E-state index in [1.807, 2.05) is 13.0 Å². The number of carbonyl (C=O) groups is 2. The van der Waals surface area contributed by atoms with E-state index in [0.29, 0.717) is 17.2 Å². The predicted molar refractivity (Wildman–Crippen MR) is 108 cm³/mol. The molecule has 0 bridgehead atoms. The summed E-state index contributed by atoms with van der Waals surface area (Å²) in [5.74, 6) is -1.21. The van der Waals surface area contributed by atoms with Crippen LogP contribution in [0.15, 0.2) is 42.5 Å². The average Bonchev–Trinajstić information content (AvgIpc) is 3.20. The number of amides is 1. The molecule has 28 heavy (non-hydrogen) atoms. The lowest BCUT2D eigenvalue weighted by Crippen LogP contribution is -2.28. The van der Waals surface area contributed by atoms with Gasteiger partial charge < -0.3 is 15.2 Å². The zero-order valence-corrected chi connectivity index (χ0v) is 16.5. The van der Waals surface area contributed by atoms with Gasteiger partial charge in [0.2, 0.25) is 0 Å². The Morgan fingerprint density at radius 1 is 1.18 bits per heavy atom. The van der Waals surface area contributed by atoms with Gasteiger partial charge in [-0.3, -0.25) is 4.79 Å². The number of carboxylic acids is 1. The Bertz CT molecular complexity index is 844. The van der Waals surface area contributed by atoms with Crippen molar-refractivity contribution >= 4 is 23.5 Å². The lowest BCUT2D eigenvalue weighted by atomic mass is 10.0. The quantitative estimate of drug-likeness (QED) is 0.685. The molecule has 0 aliphatic heterocycles. The standard InChI is InChI=1S/C22H24ClNO4/c1-14(15-6-8-16(9-7-15)22(26)27)24-21(25)20-12-18(23)11-10-17(20)13-28-19-4-2-3-5-19/h6-12,14,19H,2-5,13H2,1H3,(H,24,25)(H,26,27)/t14-/m0/s1. The van der Waals surface area contributed by atoms with Gasteiger partial charge in [-0.15, -0.1) is 0 Å². The van der Waals surface area contributed by atoms with Gasteiger partial charge in [-0.1, -0.05) is 42.6 Å². The second-order valence-electron chi connectivity index (χ2n) is 7.14. The maximum atomic E-state index is 12.9. The molecule has 2 N–H and O–H groups in total. The molecule has 0 aromatic heterocycles. The Morgan fingerprint density at radius 3 is 2.50 bits per heavy atom. The fraction of sp³-hybridized carbons (Fsp3) is 0.364. The summed E-state index contributed by atoms with van der Waals surface area (Å²) in [4.78, 5) is 23.8. The minimum absolute atomic E-state index is 0.212. The highest BCUT2D eigenvalue weighted by Crippen LogP contribution is 2.24. The first-order valence-electron chi connectivity index (χ1n) is 9.48. The third kappa shape index (κ3) is 5.12. The molecule has 1 saturated carbocycles. The van der Waals surface area contributed by atoms with E-state index >= 15 is 0 Å². The van der Waals surface area contributed by atoms with E-state index in [1.54, 1.807) is 24.3 Å². The summed E-state index contributed by atoms with van der Waals surface area (Å²) in [7, 11) is 0. The van der Waals surface area contributed by atoms with Crippen molar-refractivity contribution in [1.82, 2.24) is 5.32 Å². The van der Waals surface area contributed by atoms with Gasteiger partial charge in [0.1, 0.15) is 0 Å². The lowest BCUT2D eigenvalue weighted by molar-refractivity contribution is 0.0450. The van der Waals surface area contributed by atoms with E-state index in [2.05, 4.69) is 5.32 Å². The summed E-state index contributed by atoms with van der Waals surface area (Å²) in [6, 6.07) is 11.4. The number of ether oxygens (including phenoxy) is 1. The third-order valence-electron chi connectivity index (χ3n) is 5.10. The third-order valence-corrected chi connectivity index (χ3v) is 5.33. The van der Waals surface area contributed by atoms with Crippen molar-refractivity contribution in [3.63, 3.8) is 0 Å². The van der Waals surface area contributed by atoms with Crippen LogP contribution in [0.2, 0.25) is 5.02 Å². The van der Waals surface area contributed by atoms with Crippen molar-refractivity contribution in [2.24, 2.45) is 0 Å². The molecule has 148 valence electrons. The second-order valence-corrected chi connectivity index (χ2v) is 7.58. The van der Waals surface area contributed by atoms with Crippen molar-refractivity contribution in [2.75, 3.05) is 0 Å². The number of aromatic carboxylic acids is 1. The first-order chi connectivity index (χ1) is 13.4. The van der Waals surface area contributed by atoms with Gasteiger partial charge in [0, 0.05) is 10.6 Å². The van der Waals surface area contributed by atoms with Crippen LogP contribution in [-0.2, 0) is 11.3 Å². The zero-order chi connectivity index (χ0) is 20.1. The molecule has 1 fully saturated rings. The number of rotatable bonds is 7. The van der Waals surface area contributed by atoms with Gasteiger partial charge in [-0.2, -0.15) is 0 Å². The smallest absolute Gasteiger partial charge is 0.335 e. The van der Waals surface area contributed by atoms with Crippen molar-refractivity contribution < 1.29 is 19.4 Å². The van der Waals surface area contributed by atoms with Crippen LogP contribution in [-0.4, -0.2) is 23.1 Å². The molecule has 3 rings (SSSR count). The van der Waals surface area contributed by atoms with Gasteiger partial charge in [0.25, 0.3) is 5.91 Å². The molecule has 2 aromatic carbocycles. The Morgan fingerprint density at radius 2 is 1.86 bits per heavy atom. The van der Waals surface area contributed by atoms with E-state index in [-0.39, 0.29) is 23.6 Å². The van der Waals surface area contributed by atoms with Gasteiger partial charge in [0.15, 0.2) is 0 Å².